The number of imidazole rings is 1. The largest absolute Gasteiger partial charge is 0.472 e. The van der Waals surface area contributed by atoms with Crippen LogP contribution in [0, 0.1) is 0 Å². The van der Waals surface area contributed by atoms with Gasteiger partial charge in [0.25, 0.3) is 0 Å². The number of aliphatic hydroxyl groups is 1. The van der Waals surface area contributed by atoms with Gasteiger partial charge in [0.1, 0.15) is 24.0 Å². The third-order valence-corrected chi connectivity index (χ3v) is 4.66. The molecule has 3 rings (SSSR count). The fraction of sp³-hybridized carbons (Fsp3) is 0.500. The topological polar surface area (TPSA) is 142 Å². The summed E-state index contributed by atoms with van der Waals surface area (Å²) in [6.07, 6.45) is 1.15. The van der Waals surface area contributed by atoms with E-state index < -0.39 is 26.3 Å². The number of nitrogens with two attached hydrogens (primary N) is 1. The van der Waals surface area contributed by atoms with Crippen molar-refractivity contribution in [2.75, 3.05) is 19.5 Å². The SMILES string of the molecule is COP(=O)(O)OC1CC(n2cnc3c(N)ccnc32)OC1CO. The molecule has 11 heteroatoms. The van der Waals surface area contributed by atoms with Crippen molar-refractivity contribution in [3.63, 3.8) is 0 Å². The van der Waals surface area contributed by atoms with E-state index in [4.69, 9.17) is 15.0 Å². The van der Waals surface area contributed by atoms with Crippen molar-refractivity contribution in [3.05, 3.63) is 18.6 Å². The Morgan fingerprint density at radius 2 is 2.35 bits per heavy atom. The fourth-order valence-corrected chi connectivity index (χ4v) is 3.17. The summed E-state index contributed by atoms with van der Waals surface area (Å²) in [4.78, 5) is 17.9. The number of rotatable bonds is 5. The number of hydrogen-bond acceptors (Lipinski definition) is 8. The molecule has 0 aromatic carbocycles. The highest BCUT2D eigenvalue weighted by molar-refractivity contribution is 7.47. The van der Waals surface area contributed by atoms with Crippen LogP contribution in [-0.4, -0.2) is 50.5 Å². The molecule has 4 atom stereocenters. The summed E-state index contributed by atoms with van der Waals surface area (Å²) < 4.78 is 28.4. The second-order valence-corrected chi connectivity index (χ2v) is 6.58. The van der Waals surface area contributed by atoms with Crippen LogP contribution in [-0.2, 0) is 18.3 Å². The minimum Gasteiger partial charge on any atom is -0.397 e. The van der Waals surface area contributed by atoms with Gasteiger partial charge >= 0.3 is 7.82 Å². The minimum atomic E-state index is -4.18. The van der Waals surface area contributed by atoms with Crippen molar-refractivity contribution in [1.29, 1.82) is 0 Å². The molecule has 1 aliphatic heterocycles. The maximum atomic E-state index is 11.6. The lowest BCUT2D eigenvalue weighted by Crippen LogP contribution is -2.27. The Balaban J connectivity index is 1.86. The summed E-state index contributed by atoms with van der Waals surface area (Å²) in [6, 6.07) is 1.64. The quantitative estimate of drug-likeness (QED) is 0.658. The number of aromatic nitrogens is 3. The van der Waals surface area contributed by atoms with Crippen LogP contribution in [0.2, 0.25) is 0 Å². The third kappa shape index (κ3) is 3.09. The van der Waals surface area contributed by atoms with E-state index in [9.17, 15) is 14.6 Å². The van der Waals surface area contributed by atoms with Crippen LogP contribution in [0.5, 0.6) is 0 Å². The van der Waals surface area contributed by atoms with Gasteiger partial charge in [-0.25, -0.2) is 14.5 Å². The van der Waals surface area contributed by atoms with Gasteiger partial charge in [0.2, 0.25) is 0 Å². The standard InChI is InChI=1S/C12H17N4O6P/c1-20-23(18,19)22-8-4-10(21-9(8)5-17)16-6-15-11-7(13)2-3-14-12(11)16/h2-3,6,8-10,17H,4-5H2,1H3,(H2,13,14)(H,18,19). The van der Waals surface area contributed by atoms with Crippen LogP contribution in [0.1, 0.15) is 12.6 Å². The summed E-state index contributed by atoms with van der Waals surface area (Å²) in [5.74, 6) is 0. The molecule has 126 valence electrons. The molecule has 3 heterocycles. The van der Waals surface area contributed by atoms with Gasteiger partial charge < -0.3 is 20.5 Å². The first kappa shape index (κ1) is 16.3. The van der Waals surface area contributed by atoms with Gasteiger partial charge in [0.05, 0.1) is 18.6 Å². The number of anilines is 1. The Hall–Kier alpha value is -1.55. The molecule has 1 aliphatic rings. The van der Waals surface area contributed by atoms with Crippen molar-refractivity contribution in [2.24, 2.45) is 0 Å². The molecular weight excluding hydrogens is 327 g/mol. The van der Waals surface area contributed by atoms with E-state index in [1.165, 1.54) is 6.33 Å². The van der Waals surface area contributed by atoms with Crippen LogP contribution in [0.15, 0.2) is 18.6 Å². The number of aliphatic hydroxyl groups excluding tert-OH is 1. The number of phosphoric acid groups is 1. The van der Waals surface area contributed by atoms with E-state index in [1.54, 1.807) is 16.8 Å². The molecule has 2 aromatic rings. The lowest BCUT2D eigenvalue weighted by atomic mass is 10.2. The predicted molar refractivity (Wildman–Crippen MR) is 79.3 cm³/mol. The van der Waals surface area contributed by atoms with E-state index in [0.29, 0.717) is 16.9 Å². The highest BCUT2D eigenvalue weighted by Gasteiger charge is 2.41. The molecule has 0 spiro atoms. The Morgan fingerprint density at radius 1 is 1.57 bits per heavy atom. The maximum absolute atomic E-state index is 11.6. The molecule has 23 heavy (non-hydrogen) atoms. The number of ether oxygens (including phenoxy) is 1. The number of fused-ring (bicyclic) bond motifs is 1. The predicted octanol–water partition coefficient (Wildman–Crippen LogP) is 0.425. The zero-order valence-corrected chi connectivity index (χ0v) is 13.2. The smallest absolute Gasteiger partial charge is 0.397 e. The second kappa shape index (κ2) is 6.16. The number of phosphoric ester groups is 1. The van der Waals surface area contributed by atoms with Crippen LogP contribution >= 0.6 is 7.82 Å². The molecule has 0 radical (unpaired) electrons. The Bertz CT molecular complexity index is 752. The molecule has 2 aromatic heterocycles. The average Bonchev–Trinajstić information content (AvgIpc) is 3.11. The molecule has 0 aliphatic carbocycles. The first-order chi connectivity index (χ1) is 10.9. The molecule has 4 N–H and O–H groups in total. The van der Waals surface area contributed by atoms with Crippen molar-refractivity contribution in [1.82, 2.24) is 14.5 Å². The van der Waals surface area contributed by atoms with Gasteiger partial charge in [-0.1, -0.05) is 0 Å². The highest BCUT2D eigenvalue weighted by atomic mass is 31.2. The summed E-state index contributed by atoms with van der Waals surface area (Å²) in [5, 5.41) is 9.40. The second-order valence-electron chi connectivity index (χ2n) is 5.07. The van der Waals surface area contributed by atoms with Crippen molar-refractivity contribution in [2.45, 2.75) is 24.9 Å². The number of hydrogen-bond donors (Lipinski definition) is 3. The number of nitrogen functional groups attached to an aromatic ring is 1. The third-order valence-electron chi connectivity index (χ3n) is 3.66. The van der Waals surface area contributed by atoms with Crippen molar-refractivity contribution in [3.8, 4) is 0 Å². The molecule has 4 unspecified atom stereocenters. The van der Waals surface area contributed by atoms with Crippen LogP contribution in [0.25, 0.3) is 11.2 Å². The molecule has 1 fully saturated rings. The lowest BCUT2D eigenvalue weighted by molar-refractivity contribution is -0.0431. The summed E-state index contributed by atoms with van der Waals surface area (Å²) >= 11 is 0. The summed E-state index contributed by atoms with van der Waals surface area (Å²) in [5.41, 5.74) is 7.38. The maximum Gasteiger partial charge on any atom is 0.472 e. The van der Waals surface area contributed by atoms with Gasteiger partial charge in [-0.15, -0.1) is 0 Å². The van der Waals surface area contributed by atoms with E-state index in [0.717, 1.165) is 7.11 Å². The molecule has 0 saturated carbocycles. The van der Waals surface area contributed by atoms with E-state index in [1.807, 2.05) is 0 Å². The molecular formula is C12H17N4O6P. The monoisotopic (exact) mass is 344 g/mol. The van der Waals surface area contributed by atoms with Crippen LogP contribution < -0.4 is 5.73 Å². The van der Waals surface area contributed by atoms with Gasteiger partial charge in [0, 0.05) is 19.7 Å². The van der Waals surface area contributed by atoms with Gasteiger partial charge in [-0.3, -0.25) is 13.6 Å². The van der Waals surface area contributed by atoms with Crippen LogP contribution in [0.4, 0.5) is 5.69 Å². The molecule has 0 amide bonds. The first-order valence-electron chi connectivity index (χ1n) is 6.85. The summed E-state index contributed by atoms with van der Waals surface area (Å²) in [6.45, 7) is -0.368. The molecule has 0 bridgehead atoms. The zero-order chi connectivity index (χ0) is 16.6. The Labute approximate surface area is 131 Å². The van der Waals surface area contributed by atoms with Gasteiger partial charge in [-0.05, 0) is 6.07 Å². The summed E-state index contributed by atoms with van der Waals surface area (Å²) in [7, 11) is -3.12. The van der Waals surface area contributed by atoms with Crippen molar-refractivity contribution >= 4 is 24.7 Å². The van der Waals surface area contributed by atoms with E-state index >= 15 is 0 Å². The Morgan fingerprint density at radius 3 is 3.04 bits per heavy atom. The number of nitrogens with zero attached hydrogens (tertiary/aromatic N) is 3. The van der Waals surface area contributed by atoms with E-state index in [2.05, 4.69) is 14.5 Å². The lowest BCUT2D eigenvalue weighted by Gasteiger charge is -2.18. The number of pyridine rings is 1. The minimum absolute atomic E-state index is 0.223. The zero-order valence-electron chi connectivity index (χ0n) is 12.3. The van der Waals surface area contributed by atoms with E-state index in [-0.39, 0.29) is 13.0 Å². The average molecular weight is 344 g/mol. The van der Waals surface area contributed by atoms with Crippen LogP contribution in [0.3, 0.4) is 0 Å². The molecule has 1 saturated heterocycles. The van der Waals surface area contributed by atoms with Crippen molar-refractivity contribution < 1.29 is 28.3 Å². The van der Waals surface area contributed by atoms with Gasteiger partial charge in [-0.2, -0.15) is 0 Å². The van der Waals surface area contributed by atoms with Gasteiger partial charge in [0.15, 0.2) is 5.65 Å². The Kier molecular flexibility index (Phi) is 4.37. The highest BCUT2D eigenvalue weighted by Crippen LogP contribution is 2.47. The first-order valence-corrected chi connectivity index (χ1v) is 8.35. The molecule has 10 nitrogen and oxygen atoms in total. The normalized spacial score (nSPS) is 27.3. The fourth-order valence-electron chi connectivity index (χ4n) is 2.52.